The quantitative estimate of drug-likeness (QED) is 0.646. The lowest BCUT2D eigenvalue weighted by molar-refractivity contribution is 0.741. The Bertz CT molecular complexity index is 420. The van der Waals surface area contributed by atoms with Crippen LogP contribution in [0.25, 0.3) is 0 Å². The average molecular weight is 284 g/mol. The Labute approximate surface area is 114 Å². The van der Waals surface area contributed by atoms with Gasteiger partial charge in [-0.1, -0.05) is 11.8 Å². The molecule has 0 spiro atoms. The van der Waals surface area contributed by atoms with E-state index in [2.05, 4.69) is 34.7 Å². The van der Waals surface area contributed by atoms with E-state index < -0.39 is 0 Å². The maximum absolute atomic E-state index is 4.43. The van der Waals surface area contributed by atoms with Crippen LogP contribution in [0.2, 0.25) is 0 Å². The first-order valence-corrected chi connectivity index (χ1v) is 8.23. The Morgan fingerprint density at radius 1 is 1.35 bits per heavy atom. The molecule has 0 amide bonds. The van der Waals surface area contributed by atoms with Gasteiger partial charge in [0, 0.05) is 39.7 Å². The maximum Gasteiger partial charge on any atom is 0.150 e. The Balaban J connectivity index is 1.60. The summed E-state index contributed by atoms with van der Waals surface area (Å²) in [5, 5.41) is 5.56. The zero-order valence-corrected chi connectivity index (χ0v) is 12.5. The van der Waals surface area contributed by atoms with Crippen molar-refractivity contribution in [1.82, 2.24) is 10.3 Å². The van der Waals surface area contributed by atoms with Crippen LogP contribution in [0.4, 0.5) is 0 Å². The third-order valence-electron chi connectivity index (χ3n) is 2.20. The zero-order chi connectivity index (χ0) is 12.1. The topological polar surface area (TPSA) is 24.9 Å². The number of rotatable bonds is 6. The lowest BCUT2D eigenvalue weighted by atomic mass is 10.4. The van der Waals surface area contributed by atoms with E-state index in [0.29, 0.717) is 0 Å². The van der Waals surface area contributed by atoms with Gasteiger partial charge in [-0.15, -0.1) is 22.7 Å². The van der Waals surface area contributed by atoms with Gasteiger partial charge in [-0.2, -0.15) is 0 Å². The Morgan fingerprint density at radius 3 is 2.88 bits per heavy atom. The summed E-state index contributed by atoms with van der Waals surface area (Å²) in [5.74, 6) is 1.08. The maximum atomic E-state index is 4.43. The number of hydrogen-bond acceptors (Lipinski definition) is 5. The first-order chi connectivity index (χ1) is 8.24. The van der Waals surface area contributed by atoms with Gasteiger partial charge in [0.1, 0.15) is 4.34 Å². The molecule has 0 bridgehead atoms. The highest BCUT2D eigenvalue weighted by Crippen LogP contribution is 2.21. The third-order valence-corrected chi connectivity index (χ3v) is 5.34. The lowest BCUT2D eigenvalue weighted by Gasteiger charge is -2.01. The van der Waals surface area contributed by atoms with Crippen LogP contribution in [0.5, 0.6) is 0 Å². The van der Waals surface area contributed by atoms with Gasteiger partial charge in [-0.25, -0.2) is 4.98 Å². The van der Waals surface area contributed by atoms with E-state index in [4.69, 9.17) is 0 Å². The molecular formula is C12H16N2S3. The van der Waals surface area contributed by atoms with Crippen LogP contribution in [0.15, 0.2) is 21.9 Å². The molecule has 0 atom stereocenters. The third kappa shape index (κ3) is 4.43. The first kappa shape index (κ1) is 13.1. The smallest absolute Gasteiger partial charge is 0.150 e. The second-order valence-corrected chi connectivity index (χ2v) is 7.36. The van der Waals surface area contributed by atoms with Crippen LogP contribution in [-0.2, 0) is 6.54 Å². The molecule has 0 aromatic carbocycles. The van der Waals surface area contributed by atoms with Gasteiger partial charge in [-0.3, -0.25) is 0 Å². The molecule has 0 saturated carbocycles. The summed E-state index contributed by atoms with van der Waals surface area (Å²) in [6.45, 7) is 6.20. The van der Waals surface area contributed by atoms with Crippen molar-refractivity contribution < 1.29 is 0 Å². The number of aryl methyl sites for hydroxylation is 2. The molecule has 0 radical (unpaired) electrons. The minimum Gasteiger partial charge on any atom is -0.311 e. The van der Waals surface area contributed by atoms with E-state index >= 15 is 0 Å². The van der Waals surface area contributed by atoms with Crippen molar-refractivity contribution in [3.8, 4) is 0 Å². The van der Waals surface area contributed by atoms with Gasteiger partial charge < -0.3 is 5.32 Å². The van der Waals surface area contributed by atoms with Crippen molar-refractivity contribution in [3.63, 3.8) is 0 Å². The second-order valence-electron chi connectivity index (χ2n) is 3.79. The van der Waals surface area contributed by atoms with Crippen molar-refractivity contribution in [3.05, 3.63) is 33.0 Å². The number of thioether (sulfide) groups is 1. The molecule has 2 aromatic rings. The molecule has 92 valence electrons. The van der Waals surface area contributed by atoms with Gasteiger partial charge >= 0.3 is 0 Å². The van der Waals surface area contributed by atoms with Gasteiger partial charge in [0.2, 0.25) is 0 Å². The molecule has 0 fully saturated rings. The van der Waals surface area contributed by atoms with Gasteiger partial charge in [0.15, 0.2) is 0 Å². The van der Waals surface area contributed by atoms with Crippen molar-refractivity contribution >= 4 is 34.4 Å². The number of nitrogens with zero attached hydrogens (tertiary/aromatic N) is 1. The Morgan fingerprint density at radius 2 is 2.24 bits per heavy atom. The monoisotopic (exact) mass is 284 g/mol. The number of nitrogens with one attached hydrogen (secondary N) is 1. The minimum atomic E-state index is 0.982. The normalized spacial score (nSPS) is 10.9. The fourth-order valence-corrected chi connectivity index (χ4v) is 4.08. The Hall–Kier alpha value is -0.360. The standard InChI is InChI=1S/C12H16N2S3/c1-9-8-16-12(14-9)15-6-5-13-7-11-4-3-10(2)17-11/h3-4,8,13H,5-7H2,1-2H3. The lowest BCUT2D eigenvalue weighted by Crippen LogP contribution is -2.15. The summed E-state index contributed by atoms with van der Waals surface area (Å²) in [4.78, 5) is 7.22. The summed E-state index contributed by atoms with van der Waals surface area (Å²) in [5.41, 5.74) is 1.12. The van der Waals surface area contributed by atoms with Crippen molar-refractivity contribution in [1.29, 1.82) is 0 Å². The van der Waals surface area contributed by atoms with E-state index in [1.165, 1.54) is 14.1 Å². The highest BCUT2D eigenvalue weighted by Gasteiger charge is 1.99. The first-order valence-electron chi connectivity index (χ1n) is 5.55. The molecule has 5 heteroatoms. The van der Waals surface area contributed by atoms with Crippen LogP contribution in [0.1, 0.15) is 15.4 Å². The Kier molecular flexibility index (Phi) is 5.03. The molecule has 0 aliphatic carbocycles. The molecule has 0 saturated heterocycles. The SMILES string of the molecule is Cc1csc(SCCNCc2ccc(C)s2)n1. The largest absolute Gasteiger partial charge is 0.311 e. The highest BCUT2D eigenvalue weighted by molar-refractivity contribution is 8.01. The summed E-state index contributed by atoms with van der Waals surface area (Å²) in [7, 11) is 0. The fourth-order valence-electron chi connectivity index (χ4n) is 1.40. The predicted octanol–water partition coefficient (Wildman–Crippen LogP) is 3.70. The summed E-state index contributed by atoms with van der Waals surface area (Å²) in [6.07, 6.45) is 0. The summed E-state index contributed by atoms with van der Waals surface area (Å²) >= 11 is 5.43. The van der Waals surface area contributed by atoms with E-state index in [9.17, 15) is 0 Å². The summed E-state index contributed by atoms with van der Waals surface area (Å²) in [6, 6.07) is 4.37. The fraction of sp³-hybridized carbons (Fsp3) is 0.417. The molecule has 1 N–H and O–H groups in total. The van der Waals surface area contributed by atoms with E-state index in [-0.39, 0.29) is 0 Å². The molecule has 0 aliphatic rings. The molecule has 2 aromatic heterocycles. The second kappa shape index (κ2) is 6.54. The molecule has 0 aliphatic heterocycles. The van der Waals surface area contributed by atoms with Gasteiger partial charge in [-0.05, 0) is 26.0 Å². The van der Waals surface area contributed by atoms with E-state index in [0.717, 1.165) is 24.5 Å². The highest BCUT2D eigenvalue weighted by atomic mass is 32.2. The van der Waals surface area contributed by atoms with Crippen LogP contribution < -0.4 is 5.32 Å². The minimum absolute atomic E-state index is 0.982. The van der Waals surface area contributed by atoms with Crippen LogP contribution >= 0.6 is 34.4 Å². The van der Waals surface area contributed by atoms with Crippen molar-refractivity contribution in [2.75, 3.05) is 12.3 Å². The molecular weight excluding hydrogens is 268 g/mol. The molecule has 2 nitrogen and oxygen atoms in total. The predicted molar refractivity (Wildman–Crippen MR) is 78.3 cm³/mol. The number of thiophene rings is 1. The van der Waals surface area contributed by atoms with Gasteiger partial charge in [0.05, 0.1) is 0 Å². The zero-order valence-electron chi connectivity index (χ0n) is 10.0. The number of aromatic nitrogens is 1. The molecule has 2 rings (SSSR count). The number of thiazole rings is 1. The average Bonchev–Trinajstić information content (AvgIpc) is 2.88. The van der Waals surface area contributed by atoms with E-state index in [1.807, 2.05) is 30.0 Å². The van der Waals surface area contributed by atoms with E-state index in [1.54, 1.807) is 11.3 Å². The van der Waals surface area contributed by atoms with Crippen LogP contribution in [0.3, 0.4) is 0 Å². The van der Waals surface area contributed by atoms with Crippen molar-refractivity contribution in [2.45, 2.75) is 24.7 Å². The van der Waals surface area contributed by atoms with Gasteiger partial charge in [0.25, 0.3) is 0 Å². The molecule has 2 heterocycles. The van der Waals surface area contributed by atoms with Crippen LogP contribution in [0, 0.1) is 13.8 Å². The molecule has 0 unspecified atom stereocenters. The summed E-state index contributed by atoms with van der Waals surface area (Å²) < 4.78 is 1.18. The number of hydrogen-bond donors (Lipinski definition) is 1. The van der Waals surface area contributed by atoms with Crippen molar-refractivity contribution in [2.24, 2.45) is 0 Å². The molecule has 17 heavy (non-hydrogen) atoms. The van der Waals surface area contributed by atoms with Crippen LogP contribution in [-0.4, -0.2) is 17.3 Å².